The number of aromatic nitrogens is 4. The summed E-state index contributed by atoms with van der Waals surface area (Å²) in [7, 11) is 0. The summed E-state index contributed by atoms with van der Waals surface area (Å²) in [5, 5.41) is 13.5. The first-order valence-corrected chi connectivity index (χ1v) is 25.9. The molecule has 6 heterocycles. The molecule has 4 atom stereocenters. The molecule has 4 unspecified atom stereocenters. The topological polar surface area (TPSA) is 166 Å². The number of amides is 4. The van der Waals surface area contributed by atoms with Crippen molar-refractivity contribution in [2.45, 2.75) is 103 Å². The summed E-state index contributed by atoms with van der Waals surface area (Å²) in [4.78, 5) is 62.1. The summed E-state index contributed by atoms with van der Waals surface area (Å²) in [5.41, 5.74) is 2.34. The van der Waals surface area contributed by atoms with Crippen molar-refractivity contribution in [2.75, 3.05) is 89.2 Å². The van der Waals surface area contributed by atoms with E-state index in [0.717, 1.165) is 94.9 Å². The third-order valence-electron chi connectivity index (χ3n) is 15.4. The van der Waals surface area contributed by atoms with Crippen molar-refractivity contribution in [3.63, 3.8) is 0 Å². The number of aryl methyl sites for hydroxylation is 1. The van der Waals surface area contributed by atoms with Gasteiger partial charge >= 0.3 is 18.2 Å². The van der Waals surface area contributed by atoms with Crippen LogP contribution in [0.3, 0.4) is 0 Å². The van der Waals surface area contributed by atoms with Gasteiger partial charge in [0.2, 0.25) is 11.8 Å². The summed E-state index contributed by atoms with van der Waals surface area (Å²) in [5.74, 6) is 2.73. The normalized spacial score (nSPS) is 23.8. The van der Waals surface area contributed by atoms with E-state index in [4.69, 9.17) is 9.47 Å². The van der Waals surface area contributed by atoms with Crippen molar-refractivity contribution < 1.29 is 41.8 Å². The standard InChI is InChI=1S/C52H67F3N12O6/c1-34-26-37(32-60-18-22-64(23-19-60)50(70)66-16-10-48(58-66)56-35(2)68)28-42(27-34)72-40-6-12-62(13-7-40)45-30-43(45)44-31-46(44)63-14-8-41(9-15-63)73-47-29-39(52(53,54)55)5-4-38(47)33-61-20-24-65(25-21-61)51(71)67-17-11-49(59-67)57-36(3)69/h4-5,10-11,16-17,26-29,40-41,43-46H,6-9,12-15,18-25,30-33H2,1-3H3,(H,56,58,68)(H,57,59,69). The zero-order valence-electron chi connectivity index (χ0n) is 41.9. The average Bonchev–Trinajstić information content (AvgIpc) is 4.23. The lowest BCUT2D eigenvalue weighted by Gasteiger charge is -2.35. The zero-order chi connectivity index (χ0) is 51.0. The van der Waals surface area contributed by atoms with Crippen molar-refractivity contribution in [3.8, 4) is 11.5 Å². The zero-order valence-corrected chi connectivity index (χ0v) is 41.9. The quantitative estimate of drug-likeness (QED) is 0.159. The van der Waals surface area contributed by atoms with E-state index in [9.17, 15) is 32.3 Å². The van der Waals surface area contributed by atoms with Crippen LogP contribution in [0, 0.1) is 18.8 Å². The van der Waals surface area contributed by atoms with Gasteiger partial charge in [0.05, 0.1) is 5.56 Å². The molecule has 4 aromatic rings. The number of anilines is 2. The molecule has 2 N–H and O–H groups in total. The highest BCUT2D eigenvalue weighted by Gasteiger charge is 2.57. The highest BCUT2D eigenvalue weighted by molar-refractivity contribution is 5.88. The van der Waals surface area contributed by atoms with Crippen LogP contribution in [0.4, 0.5) is 34.4 Å². The van der Waals surface area contributed by atoms with Crippen molar-refractivity contribution in [2.24, 2.45) is 11.8 Å². The Morgan fingerprint density at radius 1 is 0.616 bits per heavy atom. The van der Waals surface area contributed by atoms with Crippen LogP contribution in [0.2, 0.25) is 0 Å². The molecule has 0 bridgehead atoms. The summed E-state index contributed by atoms with van der Waals surface area (Å²) in [6.07, 6.45) is 4.55. The van der Waals surface area contributed by atoms with Gasteiger partial charge in [-0.3, -0.25) is 29.2 Å². The van der Waals surface area contributed by atoms with Crippen molar-refractivity contribution in [1.29, 1.82) is 0 Å². The number of carbonyl (C=O) groups excluding carboxylic acids is 4. The van der Waals surface area contributed by atoms with Gasteiger partial charge in [-0.05, 0) is 92.7 Å². The van der Waals surface area contributed by atoms with Gasteiger partial charge < -0.3 is 29.9 Å². The van der Waals surface area contributed by atoms with Crippen LogP contribution < -0.4 is 20.1 Å². The molecule has 18 nitrogen and oxygen atoms in total. The fourth-order valence-electron chi connectivity index (χ4n) is 11.5. The highest BCUT2D eigenvalue weighted by Crippen LogP contribution is 2.55. The molecule has 2 aliphatic carbocycles. The first-order chi connectivity index (χ1) is 35.1. The summed E-state index contributed by atoms with van der Waals surface area (Å²) in [6.45, 7) is 14.4. The number of alkyl halides is 3. The van der Waals surface area contributed by atoms with Crippen LogP contribution in [0.15, 0.2) is 60.9 Å². The van der Waals surface area contributed by atoms with Crippen molar-refractivity contribution in [3.05, 3.63) is 83.2 Å². The molecule has 6 aliphatic rings. The molecule has 10 rings (SSSR count). The van der Waals surface area contributed by atoms with Gasteiger partial charge in [-0.1, -0.05) is 12.1 Å². The largest absolute Gasteiger partial charge is 0.490 e. The number of nitrogens with zero attached hydrogens (tertiary/aromatic N) is 10. The van der Waals surface area contributed by atoms with Gasteiger partial charge in [0.25, 0.3) is 0 Å². The minimum atomic E-state index is -4.49. The first kappa shape index (κ1) is 50.5. The third kappa shape index (κ3) is 12.5. The number of halogens is 3. The van der Waals surface area contributed by atoms with Gasteiger partial charge in [0, 0.05) is 148 Å². The molecule has 4 amide bonds. The van der Waals surface area contributed by atoms with Gasteiger partial charge in [0.1, 0.15) is 23.7 Å². The lowest BCUT2D eigenvalue weighted by atomic mass is 10.1. The smallest absolute Gasteiger partial charge is 0.416 e. The minimum absolute atomic E-state index is 0.171. The van der Waals surface area contributed by atoms with Crippen LogP contribution in [-0.2, 0) is 28.9 Å². The van der Waals surface area contributed by atoms with Gasteiger partial charge in [-0.2, -0.15) is 22.5 Å². The number of benzene rings is 2. The predicted molar refractivity (Wildman–Crippen MR) is 265 cm³/mol. The van der Waals surface area contributed by atoms with E-state index in [1.54, 1.807) is 28.1 Å². The fraction of sp³-hybridized carbons (Fsp3) is 0.577. The van der Waals surface area contributed by atoms with E-state index in [-0.39, 0.29) is 41.8 Å². The molecular formula is C52H67F3N12O6. The van der Waals surface area contributed by atoms with Gasteiger partial charge in [0.15, 0.2) is 11.6 Å². The number of piperazine rings is 2. The Morgan fingerprint density at radius 3 is 1.60 bits per heavy atom. The van der Waals surface area contributed by atoms with E-state index >= 15 is 0 Å². The van der Waals surface area contributed by atoms with E-state index in [1.165, 1.54) is 53.9 Å². The van der Waals surface area contributed by atoms with Gasteiger partial charge in [-0.25, -0.2) is 9.59 Å². The maximum absolute atomic E-state index is 14.0. The maximum Gasteiger partial charge on any atom is 0.416 e. The second-order valence-corrected chi connectivity index (χ2v) is 20.9. The lowest BCUT2D eigenvalue weighted by molar-refractivity contribution is -0.137. The van der Waals surface area contributed by atoms with Crippen molar-refractivity contribution in [1.82, 2.24) is 49.0 Å². The molecule has 2 aromatic carbocycles. The fourth-order valence-corrected chi connectivity index (χ4v) is 11.5. The second kappa shape index (κ2) is 21.4. The number of piperidine rings is 2. The Balaban J connectivity index is 0.641. The van der Waals surface area contributed by atoms with Crippen LogP contribution in [0.25, 0.3) is 0 Å². The summed E-state index contributed by atoms with van der Waals surface area (Å²) >= 11 is 0. The molecule has 4 saturated heterocycles. The van der Waals surface area contributed by atoms with Crippen LogP contribution >= 0.6 is 0 Å². The summed E-state index contributed by atoms with van der Waals surface area (Å²) in [6, 6.07) is 14.2. The Labute approximate surface area is 423 Å². The average molecular weight is 1010 g/mol. The molecule has 6 fully saturated rings. The minimum Gasteiger partial charge on any atom is -0.490 e. The van der Waals surface area contributed by atoms with E-state index in [1.807, 2.05) is 0 Å². The number of nitrogens with one attached hydrogen (secondary N) is 2. The predicted octanol–water partition coefficient (Wildman–Crippen LogP) is 6.06. The molecule has 392 valence electrons. The number of ether oxygens (including phenoxy) is 2. The molecular weight excluding hydrogens is 946 g/mol. The number of carbonyl (C=O) groups is 4. The Morgan fingerprint density at radius 2 is 1.11 bits per heavy atom. The van der Waals surface area contributed by atoms with Crippen molar-refractivity contribution >= 4 is 35.5 Å². The lowest BCUT2D eigenvalue weighted by Crippen LogP contribution is -2.49. The van der Waals surface area contributed by atoms with Crippen LogP contribution in [0.1, 0.15) is 74.6 Å². The first-order valence-electron chi connectivity index (χ1n) is 25.9. The molecule has 0 spiro atoms. The van der Waals surface area contributed by atoms with E-state index in [0.29, 0.717) is 86.9 Å². The third-order valence-corrected chi connectivity index (χ3v) is 15.4. The number of likely N-dealkylation sites (tertiary alicyclic amines) is 2. The highest BCUT2D eigenvalue weighted by atomic mass is 19.4. The maximum atomic E-state index is 14.0. The molecule has 2 aromatic heterocycles. The van der Waals surface area contributed by atoms with Crippen LogP contribution in [-0.4, -0.2) is 176 Å². The Bertz CT molecular complexity index is 2630. The number of rotatable bonds is 13. The van der Waals surface area contributed by atoms with Crippen LogP contribution in [0.5, 0.6) is 11.5 Å². The van der Waals surface area contributed by atoms with E-state index < -0.39 is 11.7 Å². The monoisotopic (exact) mass is 1010 g/mol. The SMILES string of the molecule is CC(=O)Nc1ccn(C(=O)N2CCN(Cc3cc(C)cc(OC4CCN(C5CC5C5CC5N5CCC(Oc6cc(C(F)(F)F)ccc6CN6CCN(C(=O)n7ccc(NC(C)=O)n7)CC6)CC5)CC4)c3)CC2)n1. The summed E-state index contributed by atoms with van der Waals surface area (Å²) < 4.78 is 57.4. The molecule has 4 aliphatic heterocycles. The second-order valence-electron chi connectivity index (χ2n) is 20.9. The molecule has 21 heteroatoms. The molecule has 2 saturated carbocycles. The van der Waals surface area contributed by atoms with Gasteiger partial charge in [-0.15, -0.1) is 10.2 Å². The Hall–Kier alpha value is -6.03. The Kier molecular flexibility index (Phi) is 14.8. The van der Waals surface area contributed by atoms with E-state index in [2.05, 4.69) is 65.6 Å². The molecule has 73 heavy (non-hydrogen) atoms. The molecule has 0 radical (unpaired) electrons. The number of hydrogen-bond acceptors (Lipinski definition) is 12. The number of hydrogen-bond donors (Lipinski definition) is 2.